The zero-order chi connectivity index (χ0) is 13.4. The molecule has 4 nitrogen and oxygen atoms in total. The summed E-state index contributed by atoms with van der Waals surface area (Å²) in [4.78, 5) is 10.8. The minimum Gasteiger partial charge on any atom is -0.378 e. The zero-order valence-electron chi connectivity index (χ0n) is 10.2. The van der Waals surface area contributed by atoms with Gasteiger partial charge in [0.15, 0.2) is 0 Å². The summed E-state index contributed by atoms with van der Waals surface area (Å²) in [6.07, 6.45) is -3.16. The SMILES string of the molecule is O=C(CC(F)(F)F)NCCCOC1CCNCC1. The number of halogens is 3. The van der Waals surface area contributed by atoms with E-state index in [0.29, 0.717) is 13.0 Å². The van der Waals surface area contributed by atoms with Gasteiger partial charge in [0.25, 0.3) is 0 Å². The number of carbonyl (C=O) groups is 1. The molecule has 1 saturated heterocycles. The van der Waals surface area contributed by atoms with E-state index in [4.69, 9.17) is 4.74 Å². The maximum atomic E-state index is 11.8. The highest BCUT2D eigenvalue weighted by molar-refractivity contribution is 5.76. The van der Waals surface area contributed by atoms with E-state index in [0.717, 1.165) is 25.9 Å². The van der Waals surface area contributed by atoms with Crippen molar-refractivity contribution in [1.82, 2.24) is 10.6 Å². The fourth-order valence-corrected chi connectivity index (χ4v) is 1.76. The summed E-state index contributed by atoms with van der Waals surface area (Å²) in [5.41, 5.74) is 0. The summed E-state index contributed by atoms with van der Waals surface area (Å²) in [6.45, 7) is 2.57. The summed E-state index contributed by atoms with van der Waals surface area (Å²) < 4.78 is 41.1. The van der Waals surface area contributed by atoms with Crippen LogP contribution < -0.4 is 10.6 Å². The highest BCUT2D eigenvalue weighted by atomic mass is 19.4. The molecule has 18 heavy (non-hydrogen) atoms. The second-order valence-corrected chi connectivity index (χ2v) is 4.32. The van der Waals surface area contributed by atoms with E-state index in [9.17, 15) is 18.0 Å². The molecule has 0 aromatic heterocycles. The zero-order valence-corrected chi connectivity index (χ0v) is 10.2. The molecule has 1 aliphatic rings. The third-order valence-corrected chi connectivity index (χ3v) is 2.64. The van der Waals surface area contributed by atoms with Crippen molar-refractivity contribution in [3.05, 3.63) is 0 Å². The van der Waals surface area contributed by atoms with E-state index < -0.39 is 18.5 Å². The number of hydrogen-bond acceptors (Lipinski definition) is 3. The van der Waals surface area contributed by atoms with Crippen LogP contribution in [-0.2, 0) is 9.53 Å². The topological polar surface area (TPSA) is 50.4 Å². The minimum absolute atomic E-state index is 0.222. The Hall–Kier alpha value is -0.820. The van der Waals surface area contributed by atoms with Crippen LogP contribution >= 0.6 is 0 Å². The molecule has 7 heteroatoms. The lowest BCUT2D eigenvalue weighted by Crippen LogP contribution is -2.33. The van der Waals surface area contributed by atoms with Crippen molar-refractivity contribution in [3.63, 3.8) is 0 Å². The van der Waals surface area contributed by atoms with Crippen LogP contribution in [0.4, 0.5) is 13.2 Å². The maximum Gasteiger partial charge on any atom is 0.397 e. The van der Waals surface area contributed by atoms with Crippen LogP contribution in [0.25, 0.3) is 0 Å². The third kappa shape index (κ3) is 7.50. The third-order valence-electron chi connectivity index (χ3n) is 2.64. The largest absolute Gasteiger partial charge is 0.397 e. The first-order chi connectivity index (χ1) is 8.47. The molecule has 0 aromatic carbocycles. The smallest absolute Gasteiger partial charge is 0.378 e. The molecule has 106 valence electrons. The van der Waals surface area contributed by atoms with Gasteiger partial charge in [0.05, 0.1) is 6.10 Å². The quantitative estimate of drug-likeness (QED) is 0.712. The number of piperidine rings is 1. The molecule has 1 amide bonds. The average molecular weight is 268 g/mol. The van der Waals surface area contributed by atoms with Gasteiger partial charge in [-0.3, -0.25) is 4.79 Å². The molecule has 0 aromatic rings. The van der Waals surface area contributed by atoms with Gasteiger partial charge in [-0.25, -0.2) is 0 Å². The number of alkyl halides is 3. The predicted molar refractivity (Wildman–Crippen MR) is 60.1 cm³/mol. The molecular weight excluding hydrogens is 249 g/mol. The Morgan fingerprint density at radius 3 is 2.61 bits per heavy atom. The number of ether oxygens (including phenoxy) is 1. The van der Waals surface area contributed by atoms with E-state index in [1.165, 1.54) is 0 Å². The Kier molecular flexibility index (Phi) is 6.42. The lowest BCUT2D eigenvalue weighted by Gasteiger charge is -2.22. The van der Waals surface area contributed by atoms with Crippen molar-refractivity contribution < 1.29 is 22.7 Å². The van der Waals surface area contributed by atoms with Crippen LogP contribution in [-0.4, -0.2) is 44.4 Å². The first kappa shape index (κ1) is 15.2. The fraction of sp³-hybridized carbons (Fsp3) is 0.909. The van der Waals surface area contributed by atoms with Crippen LogP contribution in [0.2, 0.25) is 0 Å². The molecule has 1 fully saturated rings. The van der Waals surface area contributed by atoms with Gasteiger partial charge in [-0.05, 0) is 32.4 Å². The molecule has 1 rings (SSSR count). The van der Waals surface area contributed by atoms with Crippen molar-refractivity contribution in [2.45, 2.75) is 38.0 Å². The van der Waals surface area contributed by atoms with E-state index in [1.807, 2.05) is 0 Å². The van der Waals surface area contributed by atoms with Gasteiger partial charge >= 0.3 is 6.18 Å². The van der Waals surface area contributed by atoms with E-state index in [1.54, 1.807) is 0 Å². The summed E-state index contributed by atoms with van der Waals surface area (Å²) in [6, 6.07) is 0. The molecular formula is C11H19F3N2O2. The van der Waals surface area contributed by atoms with Crippen molar-refractivity contribution in [3.8, 4) is 0 Å². The fourth-order valence-electron chi connectivity index (χ4n) is 1.76. The second-order valence-electron chi connectivity index (χ2n) is 4.32. The number of rotatable bonds is 6. The normalized spacial score (nSPS) is 17.7. The molecule has 1 heterocycles. The first-order valence-corrected chi connectivity index (χ1v) is 6.13. The summed E-state index contributed by atoms with van der Waals surface area (Å²) >= 11 is 0. The highest BCUT2D eigenvalue weighted by Gasteiger charge is 2.30. The molecule has 0 unspecified atom stereocenters. The molecule has 0 saturated carbocycles. The molecule has 0 radical (unpaired) electrons. The maximum absolute atomic E-state index is 11.8. The highest BCUT2D eigenvalue weighted by Crippen LogP contribution is 2.18. The van der Waals surface area contributed by atoms with Crippen LogP contribution in [0.15, 0.2) is 0 Å². The Bertz CT molecular complexity index is 253. The van der Waals surface area contributed by atoms with Gasteiger partial charge in [0.1, 0.15) is 6.42 Å². The molecule has 0 atom stereocenters. The van der Waals surface area contributed by atoms with E-state index >= 15 is 0 Å². The Labute approximate surface area is 104 Å². The van der Waals surface area contributed by atoms with Gasteiger partial charge in [-0.1, -0.05) is 0 Å². The van der Waals surface area contributed by atoms with Crippen molar-refractivity contribution in [1.29, 1.82) is 0 Å². The molecule has 0 bridgehead atoms. The van der Waals surface area contributed by atoms with Crippen LogP contribution in [0, 0.1) is 0 Å². The second kappa shape index (κ2) is 7.58. The van der Waals surface area contributed by atoms with Gasteiger partial charge in [-0.15, -0.1) is 0 Å². The van der Waals surface area contributed by atoms with E-state index in [2.05, 4.69) is 10.6 Å². The summed E-state index contributed by atoms with van der Waals surface area (Å²) in [5, 5.41) is 5.44. The number of hydrogen-bond donors (Lipinski definition) is 2. The predicted octanol–water partition coefficient (Wildman–Crippen LogP) is 1.21. The monoisotopic (exact) mass is 268 g/mol. The Morgan fingerprint density at radius 2 is 2.00 bits per heavy atom. The molecule has 0 aliphatic carbocycles. The minimum atomic E-state index is -4.43. The lowest BCUT2D eigenvalue weighted by molar-refractivity contribution is -0.153. The lowest BCUT2D eigenvalue weighted by atomic mass is 10.1. The Morgan fingerprint density at radius 1 is 1.33 bits per heavy atom. The molecule has 2 N–H and O–H groups in total. The standard InChI is InChI=1S/C11H19F3N2O2/c12-11(13,14)8-10(17)16-4-1-7-18-9-2-5-15-6-3-9/h9,15H,1-8H2,(H,16,17). The number of carbonyl (C=O) groups excluding carboxylic acids is 1. The van der Waals surface area contributed by atoms with Gasteiger partial charge in [0, 0.05) is 13.2 Å². The average Bonchev–Trinajstić information content (AvgIpc) is 2.27. The first-order valence-electron chi connectivity index (χ1n) is 6.13. The molecule has 1 aliphatic heterocycles. The number of amides is 1. The van der Waals surface area contributed by atoms with Crippen LogP contribution in [0.5, 0.6) is 0 Å². The van der Waals surface area contributed by atoms with Crippen LogP contribution in [0.3, 0.4) is 0 Å². The van der Waals surface area contributed by atoms with Crippen molar-refractivity contribution in [2.24, 2.45) is 0 Å². The summed E-state index contributed by atoms with van der Waals surface area (Å²) in [7, 11) is 0. The van der Waals surface area contributed by atoms with Gasteiger partial charge in [0.2, 0.25) is 5.91 Å². The van der Waals surface area contributed by atoms with Crippen LogP contribution in [0.1, 0.15) is 25.7 Å². The van der Waals surface area contributed by atoms with Crippen molar-refractivity contribution in [2.75, 3.05) is 26.2 Å². The van der Waals surface area contributed by atoms with E-state index in [-0.39, 0.29) is 12.6 Å². The number of nitrogens with one attached hydrogen (secondary N) is 2. The van der Waals surface area contributed by atoms with Gasteiger partial charge < -0.3 is 15.4 Å². The molecule has 0 spiro atoms. The van der Waals surface area contributed by atoms with Crippen molar-refractivity contribution >= 4 is 5.91 Å². The Balaban J connectivity index is 1.96. The van der Waals surface area contributed by atoms with Gasteiger partial charge in [-0.2, -0.15) is 13.2 Å². The summed E-state index contributed by atoms with van der Waals surface area (Å²) in [5.74, 6) is -0.982.